The molecule has 0 aromatic carbocycles. The van der Waals surface area contributed by atoms with Crippen LogP contribution in [0, 0.1) is 0 Å². The molecule has 0 aromatic heterocycles. The third kappa shape index (κ3) is 1.95. The van der Waals surface area contributed by atoms with E-state index in [9.17, 15) is 0 Å². The zero-order valence-corrected chi connectivity index (χ0v) is 9.33. The molecule has 3 nitrogen and oxygen atoms in total. The number of fused-ring (bicyclic) bond motifs is 2. The number of nitrogens with zero attached hydrogens (tertiary/aromatic N) is 1. The van der Waals surface area contributed by atoms with Crippen molar-refractivity contribution in [3.8, 4) is 0 Å². The van der Waals surface area contributed by atoms with Crippen molar-refractivity contribution in [2.75, 3.05) is 26.3 Å². The Morgan fingerprint density at radius 3 is 2.57 bits per heavy atom. The van der Waals surface area contributed by atoms with Gasteiger partial charge in [-0.25, -0.2) is 0 Å². The summed E-state index contributed by atoms with van der Waals surface area (Å²) in [6, 6.07) is 1.95. The summed E-state index contributed by atoms with van der Waals surface area (Å²) in [5.74, 6) is 0. The Bertz CT molecular complexity index is 164. The molecule has 82 valence electrons. The Hall–Kier alpha value is -0.120. The van der Waals surface area contributed by atoms with Gasteiger partial charge in [0.25, 0.3) is 0 Å². The summed E-state index contributed by atoms with van der Waals surface area (Å²) in [6.45, 7) is 8.66. The van der Waals surface area contributed by atoms with Crippen LogP contribution in [-0.2, 0) is 4.74 Å². The zero-order valence-electron chi connectivity index (χ0n) is 9.33. The first-order chi connectivity index (χ1) is 6.83. The molecule has 0 aromatic rings. The summed E-state index contributed by atoms with van der Waals surface area (Å²) < 4.78 is 5.61. The molecule has 2 saturated heterocycles. The molecule has 3 heteroatoms. The van der Waals surface area contributed by atoms with E-state index in [1.54, 1.807) is 0 Å². The number of hydrogen-bond donors (Lipinski definition) is 1. The van der Waals surface area contributed by atoms with Crippen molar-refractivity contribution in [2.45, 2.75) is 44.8 Å². The fourth-order valence-electron chi connectivity index (χ4n) is 2.84. The molecule has 0 saturated carbocycles. The second kappa shape index (κ2) is 4.60. The summed E-state index contributed by atoms with van der Waals surface area (Å²) in [6.07, 6.45) is 2.60. The van der Waals surface area contributed by atoms with Crippen LogP contribution in [-0.4, -0.2) is 49.3 Å². The van der Waals surface area contributed by atoms with Gasteiger partial charge >= 0.3 is 0 Å². The summed E-state index contributed by atoms with van der Waals surface area (Å²) in [5, 5.41) is 3.49. The average molecular weight is 198 g/mol. The molecule has 2 aliphatic rings. The fourth-order valence-corrected chi connectivity index (χ4v) is 2.84. The van der Waals surface area contributed by atoms with Crippen LogP contribution in [0.4, 0.5) is 0 Å². The van der Waals surface area contributed by atoms with Gasteiger partial charge in [-0.1, -0.05) is 13.3 Å². The molecule has 3 unspecified atom stereocenters. The van der Waals surface area contributed by atoms with E-state index in [2.05, 4.69) is 24.1 Å². The molecular formula is C11H22N2O. The van der Waals surface area contributed by atoms with E-state index in [1.165, 1.54) is 12.8 Å². The molecule has 0 aliphatic carbocycles. The van der Waals surface area contributed by atoms with Crippen molar-refractivity contribution in [1.82, 2.24) is 10.2 Å². The van der Waals surface area contributed by atoms with Crippen LogP contribution in [0.5, 0.6) is 0 Å². The molecule has 0 amide bonds. The average Bonchev–Trinajstić information content (AvgIpc) is 2.17. The molecule has 0 spiro atoms. The number of hydrogen-bond acceptors (Lipinski definition) is 3. The van der Waals surface area contributed by atoms with Gasteiger partial charge < -0.3 is 10.1 Å². The van der Waals surface area contributed by atoms with Crippen molar-refractivity contribution in [3.05, 3.63) is 0 Å². The summed E-state index contributed by atoms with van der Waals surface area (Å²) in [5.41, 5.74) is 0. The lowest BCUT2D eigenvalue weighted by molar-refractivity contribution is -0.0831. The van der Waals surface area contributed by atoms with E-state index in [0.717, 1.165) is 32.3 Å². The van der Waals surface area contributed by atoms with Crippen LogP contribution >= 0.6 is 0 Å². The van der Waals surface area contributed by atoms with Gasteiger partial charge in [-0.2, -0.15) is 0 Å². The fraction of sp³-hybridized carbons (Fsp3) is 1.00. The molecule has 1 N–H and O–H groups in total. The first-order valence-corrected chi connectivity index (χ1v) is 5.88. The smallest absolute Gasteiger partial charge is 0.0635 e. The minimum Gasteiger partial charge on any atom is -0.378 e. The number of rotatable bonds is 3. The predicted molar refractivity (Wildman–Crippen MR) is 57.5 cm³/mol. The largest absolute Gasteiger partial charge is 0.378 e. The van der Waals surface area contributed by atoms with Gasteiger partial charge in [0.2, 0.25) is 0 Å². The van der Waals surface area contributed by atoms with Crippen molar-refractivity contribution in [2.24, 2.45) is 0 Å². The van der Waals surface area contributed by atoms with Gasteiger partial charge in [0, 0.05) is 31.2 Å². The van der Waals surface area contributed by atoms with E-state index in [4.69, 9.17) is 4.74 Å². The molecule has 2 heterocycles. The quantitative estimate of drug-likeness (QED) is 0.727. The van der Waals surface area contributed by atoms with Crippen molar-refractivity contribution in [1.29, 1.82) is 0 Å². The molecule has 3 atom stereocenters. The first kappa shape index (κ1) is 10.4. The second-order valence-corrected chi connectivity index (χ2v) is 4.59. The number of nitrogens with one attached hydrogen (secondary N) is 1. The van der Waals surface area contributed by atoms with Crippen molar-refractivity contribution >= 4 is 0 Å². The van der Waals surface area contributed by atoms with Crippen LogP contribution in [0.2, 0.25) is 0 Å². The standard InChI is InChI=1S/C11H22N2O/c1-3-4-9(2)13-10-5-12-6-11(13)8-14-7-10/h9-12H,3-8H2,1-2H3. The molecule has 2 bridgehead atoms. The lowest BCUT2D eigenvalue weighted by atomic mass is 10.0. The topological polar surface area (TPSA) is 24.5 Å². The van der Waals surface area contributed by atoms with E-state index in [0.29, 0.717) is 12.1 Å². The highest BCUT2D eigenvalue weighted by atomic mass is 16.5. The van der Waals surface area contributed by atoms with E-state index < -0.39 is 0 Å². The van der Waals surface area contributed by atoms with Gasteiger partial charge in [-0.15, -0.1) is 0 Å². The summed E-state index contributed by atoms with van der Waals surface area (Å²) in [7, 11) is 0. The normalized spacial score (nSPS) is 35.6. The maximum Gasteiger partial charge on any atom is 0.0635 e. The van der Waals surface area contributed by atoms with Crippen LogP contribution < -0.4 is 5.32 Å². The minimum absolute atomic E-state index is 0.615. The van der Waals surface area contributed by atoms with Gasteiger partial charge in [0.05, 0.1) is 13.2 Å². The number of morpholine rings is 1. The molecule has 2 rings (SSSR count). The molecular weight excluding hydrogens is 176 g/mol. The van der Waals surface area contributed by atoms with Crippen LogP contribution in [0.1, 0.15) is 26.7 Å². The SMILES string of the molecule is CCCC(C)N1C2CNCC1COC2. The van der Waals surface area contributed by atoms with Crippen molar-refractivity contribution < 1.29 is 4.74 Å². The molecule has 0 radical (unpaired) electrons. The summed E-state index contributed by atoms with van der Waals surface area (Å²) >= 11 is 0. The van der Waals surface area contributed by atoms with E-state index >= 15 is 0 Å². The van der Waals surface area contributed by atoms with Crippen molar-refractivity contribution in [3.63, 3.8) is 0 Å². The lowest BCUT2D eigenvalue weighted by Gasteiger charge is -2.49. The monoisotopic (exact) mass is 198 g/mol. The predicted octanol–water partition coefficient (Wildman–Crippen LogP) is 0.848. The molecule has 2 fully saturated rings. The maximum absolute atomic E-state index is 5.61. The maximum atomic E-state index is 5.61. The Labute approximate surface area is 86.8 Å². The Morgan fingerprint density at radius 2 is 2.00 bits per heavy atom. The first-order valence-electron chi connectivity index (χ1n) is 5.88. The van der Waals surface area contributed by atoms with E-state index in [-0.39, 0.29) is 0 Å². The van der Waals surface area contributed by atoms with Gasteiger partial charge in [0.1, 0.15) is 0 Å². The lowest BCUT2D eigenvalue weighted by Crippen LogP contribution is -2.65. The number of ether oxygens (including phenoxy) is 1. The van der Waals surface area contributed by atoms with Gasteiger partial charge in [0.15, 0.2) is 0 Å². The Balaban J connectivity index is 2.00. The molecule has 14 heavy (non-hydrogen) atoms. The molecule has 2 aliphatic heterocycles. The zero-order chi connectivity index (χ0) is 9.97. The Morgan fingerprint density at radius 1 is 1.36 bits per heavy atom. The second-order valence-electron chi connectivity index (χ2n) is 4.59. The highest BCUT2D eigenvalue weighted by Gasteiger charge is 2.36. The van der Waals surface area contributed by atoms with Crippen LogP contribution in [0.3, 0.4) is 0 Å². The third-order valence-corrected chi connectivity index (χ3v) is 3.44. The van der Waals surface area contributed by atoms with Gasteiger partial charge in [-0.05, 0) is 13.3 Å². The highest BCUT2D eigenvalue weighted by Crippen LogP contribution is 2.21. The Kier molecular flexibility index (Phi) is 3.42. The highest BCUT2D eigenvalue weighted by molar-refractivity contribution is 4.92. The van der Waals surface area contributed by atoms with Gasteiger partial charge in [-0.3, -0.25) is 4.90 Å². The summed E-state index contributed by atoms with van der Waals surface area (Å²) in [4.78, 5) is 2.68. The van der Waals surface area contributed by atoms with Crippen LogP contribution in [0.25, 0.3) is 0 Å². The van der Waals surface area contributed by atoms with E-state index in [1.807, 2.05) is 0 Å². The number of piperazine rings is 1. The third-order valence-electron chi connectivity index (χ3n) is 3.44. The minimum atomic E-state index is 0.615. The van der Waals surface area contributed by atoms with Crippen LogP contribution in [0.15, 0.2) is 0 Å².